The second-order valence-electron chi connectivity index (χ2n) is 5.88. The molecule has 1 aromatic carbocycles. The van der Waals surface area contributed by atoms with E-state index >= 15 is 0 Å². The molecular weight excluding hydrogens is 353 g/mol. The number of amides is 1. The fourth-order valence-corrected chi connectivity index (χ4v) is 4.90. The molecule has 1 aliphatic rings. The maximum Gasteiger partial charge on any atom is 0.247 e. The molecule has 0 fully saturated rings. The van der Waals surface area contributed by atoms with Crippen molar-refractivity contribution in [3.8, 4) is 0 Å². The van der Waals surface area contributed by atoms with E-state index in [0.717, 1.165) is 12.0 Å². The normalized spacial score (nSPS) is 17.0. The highest BCUT2D eigenvalue weighted by atomic mass is 32.1. The Morgan fingerprint density at radius 2 is 1.96 bits per heavy atom. The second kappa shape index (κ2) is 6.94. The number of benzene rings is 1. The lowest BCUT2D eigenvalue weighted by Crippen LogP contribution is -2.38. The molecule has 0 aliphatic carbocycles. The van der Waals surface area contributed by atoms with Gasteiger partial charge in [0.25, 0.3) is 0 Å². The molecule has 126 valence electrons. The number of hydrogen-bond acceptors (Lipinski definition) is 3. The first kappa shape index (κ1) is 16.2. The minimum absolute atomic E-state index is 0.0135. The Hall–Kier alpha value is -2.24. The van der Waals surface area contributed by atoms with Gasteiger partial charge in [0.2, 0.25) is 5.91 Å². The van der Waals surface area contributed by atoms with Gasteiger partial charge in [-0.05, 0) is 58.6 Å². The highest BCUT2D eigenvalue weighted by Crippen LogP contribution is 2.39. The van der Waals surface area contributed by atoms with Crippen LogP contribution >= 0.6 is 22.7 Å². The van der Waals surface area contributed by atoms with E-state index in [1.54, 1.807) is 47.0 Å². The Morgan fingerprint density at radius 3 is 2.72 bits per heavy atom. The summed E-state index contributed by atoms with van der Waals surface area (Å²) in [6.07, 6.45) is 4.23. The van der Waals surface area contributed by atoms with Crippen molar-refractivity contribution in [1.82, 2.24) is 4.90 Å². The topological polar surface area (TPSA) is 20.3 Å². The van der Waals surface area contributed by atoms with Crippen molar-refractivity contribution in [2.75, 3.05) is 6.54 Å². The summed E-state index contributed by atoms with van der Waals surface area (Å²) in [5.41, 5.74) is 2.05. The monoisotopic (exact) mass is 369 g/mol. The summed E-state index contributed by atoms with van der Waals surface area (Å²) in [7, 11) is 0. The summed E-state index contributed by atoms with van der Waals surface area (Å²) in [6, 6.07) is 12.4. The van der Waals surface area contributed by atoms with Crippen LogP contribution in [0.15, 0.2) is 59.3 Å². The third-order valence-electron chi connectivity index (χ3n) is 4.35. The van der Waals surface area contributed by atoms with Crippen molar-refractivity contribution in [1.29, 1.82) is 0 Å². The van der Waals surface area contributed by atoms with Crippen LogP contribution in [0.3, 0.4) is 0 Å². The van der Waals surface area contributed by atoms with Crippen molar-refractivity contribution < 1.29 is 9.18 Å². The van der Waals surface area contributed by atoms with E-state index in [4.69, 9.17) is 0 Å². The summed E-state index contributed by atoms with van der Waals surface area (Å²) < 4.78 is 13.0. The van der Waals surface area contributed by atoms with Gasteiger partial charge in [-0.1, -0.05) is 18.2 Å². The minimum atomic E-state index is -0.276. The average molecular weight is 369 g/mol. The molecule has 0 unspecified atom stereocenters. The van der Waals surface area contributed by atoms with Gasteiger partial charge in [0.05, 0.1) is 6.04 Å². The Labute approximate surface area is 153 Å². The fourth-order valence-electron chi connectivity index (χ4n) is 3.14. The highest BCUT2D eigenvalue weighted by Gasteiger charge is 2.32. The minimum Gasteiger partial charge on any atom is -0.327 e. The first-order valence-electron chi connectivity index (χ1n) is 8.06. The number of rotatable bonds is 3. The first-order valence-corrected chi connectivity index (χ1v) is 9.82. The van der Waals surface area contributed by atoms with Crippen LogP contribution in [0, 0.1) is 5.82 Å². The molecule has 0 saturated heterocycles. The van der Waals surface area contributed by atoms with Gasteiger partial charge in [-0.25, -0.2) is 4.39 Å². The second-order valence-corrected chi connectivity index (χ2v) is 7.86. The number of carbonyl (C=O) groups excluding carboxylic acids is 1. The van der Waals surface area contributed by atoms with Crippen LogP contribution in [0.2, 0.25) is 0 Å². The molecule has 0 bridgehead atoms. The number of carbonyl (C=O) groups is 1. The third kappa shape index (κ3) is 3.30. The molecule has 4 rings (SSSR count). The van der Waals surface area contributed by atoms with Gasteiger partial charge in [-0.15, -0.1) is 22.7 Å². The van der Waals surface area contributed by atoms with Gasteiger partial charge in [0, 0.05) is 22.4 Å². The number of halogens is 1. The summed E-state index contributed by atoms with van der Waals surface area (Å²) in [5.74, 6) is -0.290. The predicted molar refractivity (Wildman–Crippen MR) is 101 cm³/mol. The molecule has 2 nitrogen and oxygen atoms in total. The van der Waals surface area contributed by atoms with Gasteiger partial charge in [-0.3, -0.25) is 4.79 Å². The molecular formula is C20H16FNOS2. The highest BCUT2D eigenvalue weighted by molar-refractivity contribution is 7.10. The van der Waals surface area contributed by atoms with E-state index in [0.29, 0.717) is 6.54 Å². The molecule has 3 aromatic rings. The van der Waals surface area contributed by atoms with Crippen LogP contribution in [0.5, 0.6) is 0 Å². The average Bonchev–Trinajstić information content (AvgIpc) is 3.31. The van der Waals surface area contributed by atoms with E-state index < -0.39 is 0 Å². The summed E-state index contributed by atoms with van der Waals surface area (Å²) in [5, 5.41) is 4.15. The zero-order chi connectivity index (χ0) is 17.2. The molecule has 3 heterocycles. The number of nitrogens with zero attached hydrogens (tertiary/aromatic N) is 1. The number of fused-ring (bicyclic) bond motifs is 1. The molecule has 5 heteroatoms. The molecule has 0 N–H and O–H groups in total. The first-order chi connectivity index (χ1) is 12.2. The van der Waals surface area contributed by atoms with Gasteiger partial charge in [0.1, 0.15) is 5.82 Å². The maximum absolute atomic E-state index is 13.0. The summed E-state index contributed by atoms with van der Waals surface area (Å²) in [4.78, 5) is 17.3. The molecule has 1 amide bonds. The molecule has 0 radical (unpaired) electrons. The van der Waals surface area contributed by atoms with Crippen LogP contribution in [-0.4, -0.2) is 17.4 Å². The van der Waals surface area contributed by atoms with Crippen LogP contribution in [0.4, 0.5) is 4.39 Å². The Kier molecular flexibility index (Phi) is 4.51. The van der Waals surface area contributed by atoms with Crippen LogP contribution in [0.25, 0.3) is 6.08 Å². The molecule has 0 spiro atoms. The lowest BCUT2D eigenvalue weighted by atomic mass is 9.98. The standard InChI is InChI=1S/C20H16FNOS2/c21-15-6-3-14(4-7-15)5-8-19(23)22-11-9-17-16(10-13-25-17)20(22)18-2-1-12-24-18/h1-8,10,12-13,20H,9,11H2/b8-5+/t20-/m1/s1. The van der Waals surface area contributed by atoms with Crippen molar-refractivity contribution in [3.05, 3.63) is 86.0 Å². The van der Waals surface area contributed by atoms with Gasteiger partial charge in [-0.2, -0.15) is 0 Å². The zero-order valence-corrected chi connectivity index (χ0v) is 15.0. The van der Waals surface area contributed by atoms with Crippen LogP contribution in [0.1, 0.15) is 26.9 Å². The summed E-state index contributed by atoms with van der Waals surface area (Å²) >= 11 is 3.44. The zero-order valence-electron chi connectivity index (χ0n) is 13.4. The van der Waals surface area contributed by atoms with Gasteiger partial charge in [0.15, 0.2) is 0 Å². The molecule has 2 aromatic heterocycles. The number of thiophene rings is 2. The SMILES string of the molecule is O=C(/C=C/c1ccc(F)cc1)N1CCc2sccc2[C@@H]1c1cccs1. The Balaban J connectivity index is 1.62. The smallest absolute Gasteiger partial charge is 0.247 e. The quantitative estimate of drug-likeness (QED) is 0.586. The number of hydrogen-bond donors (Lipinski definition) is 0. The van der Waals surface area contributed by atoms with Crippen molar-refractivity contribution >= 4 is 34.7 Å². The molecule has 25 heavy (non-hydrogen) atoms. The molecule has 0 saturated carbocycles. The van der Waals surface area contributed by atoms with E-state index in [2.05, 4.69) is 17.5 Å². The van der Waals surface area contributed by atoms with E-state index in [-0.39, 0.29) is 17.8 Å². The van der Waals surface area contributed by atoms with Crippen molar-refractivity contribution in [2.45, 2.75) is 12.5 Å². The van der Waals surface area contributed by atoms with Crippen LogP contribution in [-0.2, 0) is 11.2 Å². The van der Waals surface area contributed by atoms with E-state index in [1.807, 2.05) is 16.3 Å². The van der Waals surface area contributed by atoms with Crippen molar-refractivity contribution in [2.24, 2.45) is 0 Å². The van der Waals surface area contributed by atoms with Gasteiger partial charge < -0.3 is 4.90 Å². The van der Waals surface area contributed by atoms with Gasteiger partial charge >= 0.3 is 0 Å². The fraction of sp³-hybridized carbons (Fsp3) is 0.150. The Morgan fingerprint density at radius 1 is 1.12 bits per heavy atom. The summed E-state index contributed by atoms with van der Waals surface area (Å²) in [6.45, 7) is 0.711. The largest absolute Gasteiger partial charge is 0.327 e. The lowest BCUT2D eigenvalue weighted by Gasteiger charge is -2.34. The Bertz CT molecular complexity index is 896. The van der Waals surface area contributed by atoms with Crippen molar-refractivity contribution in [3.63, 3.8) is 0 Å². The van der Waals surface area contributed by atoms with Crippen LogP contribution < -0.4 is 0 Å². The molecule has 1 atom stereocenters. The van der Waals surface area contributed by atoms with E-state index in [9.17, 15) is 9.18 Å². The molecule has 1 aliphatic heterocycles. The maximum atomic E-state index is 13.0. The lowest BCUT2D eigenvalue weighted by molar-refractivity contribution is -0.127. The predicted octanol–water partition coefficient (Wildman–Crippen LogP) is 5.14. The third-order valence-corrected chi connectivity index (χ3v) is 6.27. The van der Waals surface area contributed by atoms with E-state index in [1.165, 1.54) is 27.5 Å².